The van der Waals surface area contributed by atoms with Gasteiger partial charge in [-0.2, -0.15) is 18.4 Å². The Labute approximate surface area is 415 Å². The van der Waals surface area contributed by atoms with Crippen molar-refractivity contribution in [2.45, 2.75) is 33.9 Å². The van der Waals surface area contributed by atoms with Crippen LogP contribution < -0.4 is 0 Å². The SMILES string of the molecule is Cc1ccccc1-c1ccc2c(c1)c1cc(-c3ccccc3C)ccc1n2-c1cc(-c2ccccc2C(F)(F)F)c(-n2c3ccc(-c4ccccc4C)cc3c3cc(-c4ccccc4C)ccc32)cc1C#N. The molecule has 2 aromatic heterocycles. The minimum absolute atomic E-state index is 0.0123. The van der Waals surface area contributed by atoms with E-state index in [9.17, 15) is 5.26 Å². The Morgan fingerprint density at radius 1 is 0.347 bits per heavy atom. The van der Waals surface area contributed by atoms with Crippen LogP contribution in [0.25, 0.3) is 111 Å². The number of benzene rings is 10. The molecule has 0 bridgehead atoms. The molecule has 12 aromatic rings. The molecular formula is C66H46F3N3. The predicted molar refractivity (Wildman–Crippen MR) is 291 cm³/mol. The molecule has 0 fully saturated rings. The van der Waals surface area contributed by atoms with E-state index in [4.69, 9.17) is 0 Å². The summed E-state index contributed by atoms with van der Waals surface area (Å²) in [6, 6.07) is 70.5. The maximum Gasteiger partial charge on any atom is 0.417 e. The third-order valence-corrected chi connectivity index (χ3v) is 14.6. The summed E-state index contributed by atoms with van der Waals surface area (Å²) in [7, 11) is 0. The monoisotopic (exact) mass is 937 g/mol. The van der Waals surface area contributed by atoms with E-state index >= 15 is 13.2 Å². The first-order valence-electron chi connectivity index (χ1n) is 24.1. The zero-order chi connectivity index (χ0) is 49.4. The highest BCUT2D eigenvalue weighted by molar-refractivity contribution is 6.14. The molecule has 10 aromatic carbocycles. The Balaban J connectivity index is 1.18. The number of fused-ring (bicyclic) bond motifs is 6. The summed E-state index contributed by atoms with van der Waals surface area (Å²) >= 11 is 0. The summed E-state index contributed by atoms with van der Waals surface area (Å²) in [5.41, 5.74) is 17.2. The number of hydrogen-bond acceptors (Lipinski definition) is 1. The number of alkyl halides is 3. The highest BCUT2D eigenvalue weighted by Crippen LogP contribution is 2.46. The molecule has 346 valence electrons. The van der Waals surface area contributed by atoms with E-state index in [2.05, 4.69) is 164 Å². The first-order valence-corrected chi connectivity index (χ1v) is 24.1. The third kappa shape index (κ3) is 7.28. The van der Waals surface area contributed by atoms with Crippen molar-refractivity contribution in [3.05, 3.63) is 240 Å². The van der Waals surface area contributed by atoms with Crippen LogP contribution in [0.5, 0.6) is 0 Å². The van der Waals surface area contributed by atoms with Crippen LogP contribution in [-0.2, 0) is 6.18 Å². The number of aryl methyl sites for hydroxylation is 4. The van der Waals surface area contributed by atoms with Crippen molar-refractivity contribution in [3.63, 3.8) is 0 Å². The van der Waals surface area contributed by atoms with Crippen molar-refractivity contribution in [3.8, 4) is 73.1 Å². The largest absolute Gasteiger partial charge is 0.417 e. The molecule has 0 amide bonds. The van der Waals surface area contributed by atoms with E-state index in [-0.39, 0.29) is 5.56 Å². The van der Waals surface area contributed by atoms with Gasteiger partial charge in [-0.3, -0.25) is 0 Å². The molecule has 3 nitrogen and oxygen atoms in total. The number of nitriles is 1. The van der Waals surface area contributed by atoms with Gasteiger partial charge in [-0.25, -0.2) is 0 Å². The minimum atomic E-state index is -4.68. The number of hydrogen-bond donors (Lipinski definition) is 0. The molecule has 72 heavy (non-hydrogen) atoms. The van der Waals surface area contributed by atoms with E-state index < -0.39 is 11.7 Å². The second-order valence-electron chi connectivity index (χ2n) is 18.9. The number of aromatic nitrogens is 2. The Morgan fingerprint density at radius 2 is 0.667 bits per heavy atom. The summed E-state index contributed by atoms with van der Waals surface area (Å²) < 4.78 is 50.5. The molecule has 0 N–H and O–H groups in total. The number of rotatable bonds is 7. The van der Waals surface area contributed by atoms with Crippen LogP contribution >= 0.6 is 0 Å². The summed E-state index contributed by atoms with van der Waals surface area (Å²) in [5.74, 6) is 0. The van der Waals surface area contributed by atoms with Crippen LogP contribution in [0.15, 0.2) is 206 Å². The van der Waals surface area contributed by atoms with Gasteiger partial charge in [-0.1, -0.05) is 140 Å². The molecule has 0 radical (unpaired) electrons. The zero-order valence-corrected chi connectivity index (χ0v) is 40.1. The van der Waals surface area contributed by atoms with Gasteiger partial charge >= 0.3 is 6.18 Å². The van der Waals surface area contributed by atoms with E-state index in [1.165, 1.54) is 6.07 Å². The fourth-order valence-corrected chi connectivity index (χ4v) is 11.0. The van der Waals surface area contributed by atoms with Crippen LogP contribution in [0.3, 0.4) is 0 Å². The summed E-state index contributed by atoms with van der Waals surface area (Å²) in [6.07, 6.45) is -4.68. The normalized spacial score (nSPS) is 11.8. The topological polar surface area (TPSA) is 33.6 Å². The number of halogens is 3. The number of nitrogens with zero attached hydrogens (tertiary/aromatic N) is 3. The molecule has 0 aliphatic carbocycles. The lowest BCUT2D eigenvalue weighted by molar-refractivity contribution is -0.137. The average molecular weight is 938 g/mol. The molecule has 0 atom stereocenters. The van der Waals surface area contributed by atoms with E-state index in [0.717, 1.165) is 116 Å². The Hall–Kier alpha value is -8.92. The van der Waals surface area contributed by atoms with Crippen molar-refractivity contribution < 1.29 is 13.2 Å². The highest BCUT2D eigenvalue weighted by atomic mass is 19.4. The fourth-order valence-electron chi connectivity index (χ4n) is 11.0. The first kappa shape index (κ1) is 44.3. The molecule has 0 spiro atoms. The molecule has 2 heterocycles. The molecule has 0 saturated heterocycles. The maximum atomic E-state index is 15.5. The van der Waals surface area contributed by atoms with Gasteiger partial charge in [0.1, 0.15) is 6.07 Å². The van der Waals surface area contributed by atoms with E-state index in [1.807, 2.05) is 54.6 Å². The van der Waals surface area contributed by atoms with Gasteiger partial charge in [0.15, 0.2) is 0 Å². The maximum absolute atomic E-state index is 15.5. The minimum Gasteiger partial charge on any atom is -0.309 e. The molecular weight excluding hydrogens is 892 g/mol. The second kappa shape index (κ2) is 17.2. The highest BCUT2D eigenvalue weighted by Gasteiger charge is 2.35. The van der Waals surface area contributed by atoms with Gasteiger partial charge in [-0.15, -0.1) is 0 Å². The van der Waals surface area contributed by atoms with Crippen LogP contribution in [0.2, 0.25) is 0 Å². The van der Waals surface area contributed by atoms with Crippen molar-refractivity contribution in [2.75, 3.05) is 0 Å². The third-order valence-electron chi connectivity index (χ3n) is 14.6. The Bertz CT molecular complexity index is 4010. The Kier molecular flexibility index (Phi) is 10.6. The van der Waals surface area contributed by atoms with Crippen LogP contribution in [-0.4, -0.2) is 9.13 Å². The fraction of sp³-hybridized carbons (Fsp3) is 0.0758. The van der Waals surface area contributed by atoms with Gasteiger partial charge in [0, 0.05) is 27.1 Å². The molecule has 12 rings (SSSR count). The van der Waals surface area contributed by atoms with Crippen molar-refractivity contribution in [2.24, 2.45) is 0 Å². The second-order valence-corrected chi connectivity index (χ2v) is 18.9. The summed E-state index contributed by atoms with van der Waals surface area (Å²) in [5, 5.41) is 15.2. The van der Waals surface area contributed by atoms with Crippen molar-refractivity contribution >= 4 is 43.6 Å². The summed E-state index contributed by atoms with van der Waals surface area (Å²) in [4.78, 5) is 0. The summed E-state index contributed by atoms with van der Waals surface area (Å²) in [6.45, 7) is 8.39. The lowest BCUT2D eigenvalue weighted by Crippen LogP contribution is -2.09. The zero-order valence-electron chi connectivity index (χ0n) is 40.1. The van der Waals surface area contributed by atoms with Crippen LogP contribution in [0, 0.1) is 39.0 Å². The molecule has 0 aliphatic rings. The molecule has 6 heteroatoms. The van der Waals surface area contributed by atoms with Gasteiger partial charge in [0.25, 0.3) is 0 Å². The standard InChI is InChI=1S/C66H46F3N3/c1-40-15-5-9-19-49(40)44-25-29-60-54(33-44)55-34-45(50-20-10-6-16-41(50)2)26-30-61(55)71(60)64-38-58(53-23-13-14-24-59(53)66(67,68)69)65(37-48(64)39-70)72-62-31-27-46(51-21-11-7-17-42(51)3)35-56(62)57-36-47(28-32-63(57)72)52-22-12-8-18-43(52)4/h5-38H,1-4H3. The van der Waals surface area contributed by atoms with Crippen molar-refractivity contribution in [1.29, 1.82) is 5.26 Å². The smallest absolute Gasteiger partial charge is 0.309 e. The average Bonchev–Trinajstić information content (AvgIpc) is 3.89. The lowest BCUT2D eigenvalue weighted by Gasteiger charge is -2.21. The molecule has 0 unspecified atom stereocenters. The first-order chi connectivity index (χ1) is 35.0. The van der Waals surface area contributed by atoms with E-state index in [0.29, 0.717) is 22.5 Å². The van der Waals surface area contributed by atoms with Crippen LogP contribution in [0.4, 0.5) is 13.2 Å². The quantitative estimate of drug-likeness (QED) is 0.157. The predicted octanol–water partition coefficient (Wildman–Crippen LogP) is 18.3. The van der Waals surface area contributed by atoms with Crippen LogP contribution in [0.1, 0.15) is 33.4 Å². The van der Waals surface area contributed by atoms with Gasteiger partial charge in [0.05, 0.1) is 44.6 Å². The van der Waals surface area contributed by atoms with Gasteiger partial charge in [0.2, 0.25) is 0 Å². The Morgan fingerprint density at radius 3 is 1.00 bits per heavy atom. The van der Waals surface area contributed by atoms with Crippen molar-refractivity contribution in [1.82, 2.24) is 9.13 Å². The van der Waals surface area contributed by atoms with Gasteiger partial charge < -0.3 is 9.13 Å². The van der Waals surface area contributed by atoms with E-state index in [1.54, 1.807) is 18.2 Å². The molecule has 0 saturated carbocycles. The van der Waals surface area contributed by atoms with Gasteiger partial charge in [-0.05, 0) is 167 Å². The molecule has 0 aliphatic heterocycles. The lowest BCUT2D eigenvalue weighted by atomic mass is 9.95.